The first-order chi connectivity index (χ1) is 16.8. The van der Waals surface area contributed by atoms with Gasteiger partial charge in [0.25, 0.3) is 12.2 Å². The number of aryl methyl sites for hydroxylation is 2. The van der Waals surface area contributed by atoms with E-state index in [0.717, 1.165) is 22.3 Å². The molecular formula is C28H25NO6. The average molecular weight is 472 g/mol. The summed E-state index contributed by atoms with van der Waals surface area (Å²) in [6.45, 7) is 5.79. The minimum Gasteiger partial charge on any atom is -0.486 e. The number of hydrogen-bond acceptors (Lipinski definition) is 5. The predicted molar refractivity (Wildman–Crippen MR) is 131 cm³/mol. The van der Waals surface area contributed by atoms with Crippen LogP contribution in [0.25, 0.3) is 10.9 Å². The van der Waals surface area contributed by atoms with Crippen LogP contribution in [0.2, 0.25) is 0 Å². The van der Waals surface area contributed by atoms with Gasteiger partial charge in [0, 0.05) is 16.6 Å². The fraction of sp³-hybridized carbons (Fsp3) is 0.214. The summed E-state index contributed by atoms with van der Waals surface area (Å²) in [6, 6.07) is 18.4. The summed E-state index contributed by atoms with van der Waals surface area (Å²) in [7, 11) is 0. The third-order valence-corrected chi connectivity index (χ3v) is 6.27. The van der Waals surface area contributed by atoms with Crippen LogP contribution in [-0.4, -0.2) is 34.4 Å². The van der Waals surface area contributed by atoms with Crippen molar-refractivity contribution in [2.45, 2.75) is 33.5 Å². The molecule has 7 heteroatoms. The second-order valence-corrected chi connectivity index (χ2v) is 8.65. The van der Waals surface area contributed by atoms with Gasteiger partial charge in [-0.3, -0.25) is 14.2 Å². The number of fused-ring (bicyclic) bond motifs is 2. The van der Waals surface area contributed by atoms with E-state index < -0.39 is 12.3 Å². The van der Waals surface area contributed by atoms with Crippen LogP contribution in [0, 0.1) is 20.8 Å². The maximum atomic E-state index is 13.6. The van der Waals surface area contributed by atoms with Gasteiger partial charge in [0.1, 0.15) is 5.75 Å². The monoisotopic (exact) mass is 471 g/mol. The molecule has 0 aliphatic carbocycles. The summed E-state index contributed by atoms with van der Waals surface area (Å²) in [6.07, 6.45) is -0.693. The SMILES string of the molecule is Cc1cc(OCC2Oc3cccc(C)c3O2)ccc1C(=O)n1c(C)c(CC(=O)O)c2ccccc21. The Morgan fingerprint density at radius 1 is 0.971 bits per heavy atom. The van der Waals surface area contributed by atoms with Gasteiger partial charge in [-0.05, 0) is 67.8 Å². The lowest BCUT2D eigenvalue weighted by Gasteiger charge is -2.14. The van der Waals surface area contributed by atoms with Gasteiger partial charge in [-0.25, -0.2) is 0 Å². The third kappa shape index (κ3) is 4.10. The minimum atomic E-state index is -0.936. The summed E-state index contributed by atoms with van der Waals surface area (Å²) in [5, 5.41) is 10.1. The maximum Gasteiger partial charge on any atom is 0.307 e. The van der Waals surface area contributed by atoms with Crippen molar-refractivity contribution in [3.63, 3.8) is 0 Å². The number of aliphatic carboxylic acids is 1. The number of carboxylic acid groups (broad SMARTS) is 1. The van der Waals surface area contributed by atoms with Gasteiger partial charge in [0.05, 0.1) is 11.9 Å². The number of carboxylic acids is 1. The van der Waals surface area contributed by atoms with E-state index in [2.05, 4.69) is 0 Å². The molecule has 5 rings (SSSR count). The second-order valence-electron chi connectivity index (χ2n) is 8.65. The van der Waals surface area contributed by atoms with Gasteiger partial charge in [0.2, 0.25) is 0 Å². The number of aromatic nitrogens is 1. The highest BCUT2D eigenvalue weighted by molar-refractivity contribution is 6.05. The van der Waals surface area contributed by atoms with Crippen LogP contribution in [0.1, 0.15) is 32.7 Å². The fourth-order valence-electron chi connectivity index (χ4n) is 4.56. The highest BCUT2D eigenvalue weighted by Crippen LogP contribution is 2.37. The van der Waals surface area contributed by atoms with Gasteiger partial charge in [0.15, 0.2) is 18.1 Å². The second kappa shape index (κ2) is 8.83. The Bertz CT molecular complexity index is 1470. The molecule has 1 unspecified atom stereocenters. The Kier molecular flexibility index (Phi) is 5.68. The van der Waals surface area contributed by atoms with Crippen molar-refractivity contribution in [1.29, 1.82) is 0 Å². The van der Waals surface area contributed by atoms with Crippen molar-refractivity contribution >= 4 is 22.8 Å². The summed E-state index contributed by atoms with van der Waals surface area (Å²) in [5.41, 5.74) is 4.23. The number of carbonyl (C=O) groups excluding carboxylic acids is 1. The van der Waals surface area contributed by atoms with Crippen LogP contribution in [0.4, 0.5) is 0 Å². The van der Waals surface area contributed by atoms with Crippen LogP contribution in [-0.2, 0) is 11.2 Å². The molecule has 1 atom stereocenters. The largest absolute Gasteiger partial charge is 0.486 e. The number of nitrogens with zero attached hydrogens (tertiary/aromatic N) is 1. The molecule has 3 aromatic carbocycles. The summed E-state index contributed by atoms with van der Waals surface area (Å²) in [5.74, 6) is 0.879. The molecule has 0 fully saturated rings. The molecule has 35 heavy (non-hydrogen) atoms. The molecule has 0 saturated carbocycles. The molecule has 1 aliphatic rings. The van der Waals surface area contributed by atoms with Crippen LogP contribution < -0.4 is 14.2 Å². The van der Waals surface area contributed by atoms with Gasteiger partial charge in [-0.15, -0.1) is 0 Å². The Morgan fingerprint density at radius 2 is 1.77 bits per heavy atom. The van der Waals surface area contributed by atoms with Crippen molar-refractivity contribution in [3.8, 4) is 17.2 Å². The van der Waals surface area contributed by atoms with Gasteiger partial charge < -0.3 is 19.3 Å². The fourth-order valence-corrected chi connectivity index (χ4v) is 4.56. The number of ether oxygens (including phenoxy) is 3. The summed E-state index contributed by atoms with van der Waals surface area (Å²) in [4.78, 5) is 25.0. The van der Waals surface area contributed by atoms with Crippen molar-refractivity contribution in [1.82, 2.24) is 4.57 Å². The lowest BCUT2D eigenvalue weighted by molar-refractivity contribution is -0.136. The van der Waals surface area contributed by atoms with E-state index in [0.29, 0.717) is 33.8 Å². The molecule has 0 saturated heterocycles. The van der Waals surface area contributed by atoms with E-state index in [4.69, 9.17) is 14.2 Å². The van der Waals surface area contributed by atoms with E-state index in [9.17, 15) is 14.7 Å². The topological polar surface area (TPSA) is 87.0 Å². The maximum absolute atomic E-state index is 13.6. The summed E-state index contributed by atoms with van der Waals surface area (Å²) >= 11 is 0. The molecule has 1 aliphatic heterocycles. The van der Waals surface area contributed by atoms with E-state index in [1.165, 1.54) is 0 Å². The van der Waals surface area contributed by atoms with Gasteiger partial charge in [-0.2, -0.15) is 0 Å². The first kappa shape index (κ1) is 22.5. The molecule has 178 valence electrons. The molecular weight excluding hydrogens is 446 g/mol. The predicted octanol–water partition coefficient (Wildman–Crippen LogP) is 5.06. The van der Waals surface area contributed by atoms with Gasteiger partial charge >= 0.3 is 5.97 Å². The number of hydrogen-bond donors (Lipinski definition) is 1. The molecule has 1 N–H and O–H groups in total. The van der Waals surface area contributed by atoms with Crippen molar-refractivity contribution in [2.24, 2.45) is 0 Å². The molecule has 7 nitrogen and oxygen atoms in total. The Hall–Kier alpha value is -4.26. The number of carbonyl (C=O) groups is 2. The first-order valence-electron chi connectivity index (χ1n) is 11.3. The number of benzene rings is 3. The highest BCUT2D eigenvalue weighted by atomic mass is 16.7. The van der Waals surface area contributed by atoms with Crippen LogP contribution in [0.5, 0.6) is 17.2 Å². The molecule has 0 amide bonds. The zero-order valence-corrected chi connectivity index (χ0v) is 19.7. The molecule has 1 aromatic heterocycles. The van der Waals surface area contributed by atoms with E-state index in [1.54, 1.807) is 29.7 Å². The summed E-state index contributed by atoms with van der Waals surface area (Å²) < 4.78 is 19.1. The lowest BCUT2D eigenvalue weighted by atomic mass is 10.1. The van der Waals surface area contributed by atoms with E-state index in [-0.39, 0.29) is 18.9 Å². The lowest BCUT2D eigenvalue weighted by Crippen LogP contribution is -2.26. The zero-order chi connectivity index (χ0) is 24.7. The zero-order valence-electron chi connectivity index (χ0n) is 19.7. The third-order valence-electron chi connectivity index (χ3n) is 6.27. The van der Waals surface area contributed by atoms with E-state index in [1.807, 2.05) is 56.3 Å². The van der Waals surface area contributed by atoms with Crippen molar-refractivity contribution in [2.75, 3.05) is 6.61 Å². The first-order valence-corrected chi connectivity index (χ1v) is 11.3. The van der Waals surface area contributed by atoms with Gasteiger partial charge in [-0.1, -0.05) is 30.3 Å². The molecule has 0 radical (unpaired) electrons. The number of rotatable bonds is 6. The molecule has 0 spiro atoms. The quantitative estimate of drug-likeness (QED) is 0.423. The normalized spacial score (nSPS) is 14.3. The van der Waals surface area contributed by atoms with E-state index >= 15 is 0 Å². The smallest absolute Gasteiger partial charge is 0.307 e. The Morgan fingerprint density at radius 3 is 2.51 bits per heavy atom. The molecule has 0 bridgehead atoms. The van der Waals surface area contributed by atoms with Crippen LogP contribution >= 0.6 is 0 Å². The van der Waals surface area contributed by atoms with Crippen LogP contribution in [0.15, 0.2) is 60.7 Å². The average Bonchev–Trinajstić information content (AvgIpc) is 3.37. The number of para-hydroxylation sites is 2. The molecule has 2 heterocycles. The van der Waals surface area contributed by atoms with Crippen molar-refractivity contribution in [3.05, 3.63) is 88.6 Å². The Labute approximate surface area is 202 Å². The highest BCUT2D eigenvalue weighted by Gasteiger charge is 2.26. The minimum absolute atomic E-state index is 0.146. The van der Waals surface area contributed by atoms with Crippen molar-refractivity contribution < 1.29 is 28.9 Å². The van der Waals surface area contributed by atoms with Crippen LogP contribution in [0.3, 0.4) is 0 Å². The molecule has 4 aromatic rings. The standard InChI is InChI=1S/C28H25NO6/c1-16-7-6-10-24-27(16)35-26(34-24)15-33-19-11-12-20(17(2)13-19)28(32)29-18(3)22(14-25(30)31)21-8-4-5-9-23(21)29/h4-13,26H,14-15H2,1-3H3,(H,30,31). The Balaban J connectivity index is 1.36.